The summed E-state index contributed by atoms with van der Waals surface area (Å²) >= 11 is 3.16. The number of hydrogen-bond acceptors (Lipinski definition) is 5. The molecule has 0 aliphatic carbocycles. The van der Waals surface area contributed by atoms with Crippen LogP contribution >= 0.6 is 22.7 Å². The molecule has 3 rings (SSSR count). The molecule has 5 nitrogen and oxygen atoms in total. The molecule has 7 heteroatoms. The SMILES string of the molecule is CCc1ccccc1NC(=O)CN(C)C(=O)Cc1csc(-c2cccs2)n1. The standard InChI is InChI=1S/C20H21N3O2S2/c1-3-14-7-4-5-8-16(14)22-18(24)12-23(2)19(25)11-15-13-27-20(21-15)17-9-6-10-26-17/h4-10,13H,3,11-12H2,1-2H3,(H,22,24). The van der Waals surface area contributed by atoms with Crippen molar-refractivity contribution in [3.05, 3.63) is 58.4 Å². The summed E-state index contributed by atoms with van der Waals surface area (Å²) in [6, 6.07) is 11.7. The van der Waals surface area contributed by atoms with Gasteiger partial charge in [-0.05, 0) is 29.5 Å². The number of nitrogens with zero attached hydrogens (tertiary/aromatic N) is 2. The summed E-state index contributed by atoms with van der Waals surface area (Å²) in [4.78, 5) is 31.8. The number of thiazole rings is 1. The summed E-state index contributed by atoms with van der Waals surface area (Å²) in [5.41, 5.74) is 2.60. The van der Waals surface area contributed by atoms with E-state index in [4.69, 9.17) is 0 Å². The van der Waals surface area contributed by atoms with Crippen molar-refractivity contribution in [2.75, 3.05) is 18.9 Å². The van der Waals surface area contributed by atoms with Crippen molar-refractivity contribution in [3.63, 3.8) is 0 Å². The Labute approximate surface area is 166 Å². The predicted octanol–water partition coefficient (Wildman–Crippen LogP) is 4.07. The van der Waals surface area contributed by atoms with Crippen LogP contribution in [0.25, 0.3) is 9.88 Å². The minimum Gasteiger partial charge on any atom is -0.336 e. The van der Waals surface area contributed by atoms with Crippen LogP contribution < -0.4 is 5.32 Å². The number of nitrogens with one attached hydrogen (secondary N) is 1. The van der Waals surface area contributed by atoms with Crippen LogP contribution in [0, 0.1) is 0 Å². The van der Waals surface area contributed by atoms with E-state index in [1.165, 1.54) is 16.2 Å². The fourth-order valence-corrected chi connectivity index (χ4v) is 4.27. The van der Waals surface area contributed by atoms with Gasteiger partial charge in [0.2, 0.25) is 11.8 Å². The molecule has 0 saturated heterocycles. The molecule has 0 aliphatic heterocycles. The van der Waals surface area contributed by atoms with E-state index in [2.05, 4.69) is 10.3 Å². The zero-order chi connectivity index (χ0) is 19.2. The maximum absolute atomic E-state index is 12.4. The number of aromatic nitrogens is 1. The second-order valence-corrected chi connectivity index (χ2v) is 7.91. The molecule has 0 bridgehead atoms. The Balaban J connectivity index is 1.55. The van der Waals surface area contributed by atoms with Gasteiger partial charge in [-0.25, -0.2) is 4.98 Å². The Morgan fingerprint density at radius 3 is 2.70 bits per heavy atom. The summed E-state index contributed by atoms with van der Waals surface area (Å²) in [6.07, 6.45) is 1.03. The maximum atomic E-state index is 12.4. The topological polar surface area (TPSA) is 62.3 Å². The third-order valence-electron chi connectivity index (χ3n) is 4.09. The van der Waals surface area contributed by atoms with Crippen molar-refractivity contribution < 1.29 is 9.59 Å². The average Bonchev–Trinajstić information content (AvgIpc) is 3.33. The Morgan fingerprint density at radius 1 is 1.15 bits per heavy atom. The fourth-order valence-electron chi connectivity index (χ4n) is 2.64. The van der Waals surface area contributed by atoms with Crippen LogP contribution in [-0.4, -0.2) is 35.3 Å². The van der Waals surface area contributed by atoms with Crippen LogP contribution in [0.4, 0.5) is 5.69 Å². The van der Waals surface area contributed by atoms with Crippen molar-refractivity contribution in [1.29, 1.82) is 0 Å². The highest BCUT2D eigenvalue weighted by atomic mass is 32.1. The van der Waals surface area contributed by atoms with E-state index in [1.54, 1.807) is 18.4 Å². The number of likely N-dealkylation sites (N-methyl/N-ethyl adjacent to an activating group) is 1. The average molecular weight is 400 g/mol. The lowest BCUT2D eigenvalue weighted by Gasteiger charge is -2.17. The Kier molecular flexibility index (Phi) is 6.36. The van der Waals surface area contributed by atoms with E-state index in [1.807, 2.05) is 54.1 Å². The zero-order valence-electron chi connectivity index (χ0n) is 15.3. The van der Waals surface area contributed by atoms with Gasteiger partial charge in [-0.1, -0.05) is 31.2 Å². The number of benzene rings is 1. The summed E-state index contributed by atoms with van der Waals surface area (Å²) in [7, 11) is 1.64. The number of thiophene rings is 1. The van der Waals surface area contributed by atoms with Crippen LogP contribution in [0.3, 0.4) is 0 Å². The highest BCUT2D eigenvalue weighted by Crippen LogP contribution is 2.28. The van der Waals surface area contributed by atoms with Crippen molar-refractivity contribution in [1.82, 2.24) is 9.88 Å². The molecule has 3 aromatic rings. The Bertz CT molecular complexity index is 919. The van der Waals surface area contributed by atoms with Gasteiger partial charge in [0.25, 0.3) is 0 Å². The van der Waals surface area contributed by atoms with Crippen LogP contribution in [0.1, 0.15) is 18.2 Å². The lowest BCUT2D eigenvalue weighted by atomic mass is 10.1. The molecule has 0 atom stereocenters. The molecule has 0 saturated carbocycles. The number of hydrogen-bond donors (Lipinski definition) is 1. The van der Waals surface area contributed by atoms with Gasteiger partial charge in [-0.15, -0.1) is 22.7 Å². The largest absolute Gasteiger partial charge is 0.336 e. The Morgan fingerprint density at radius 2 is 1.96 bits per heavy atom. The molecular formula is C20H21N3O2S2. The molecule has 2 amide bonds. The first-order valence-corrected chi connectivity index (χ1v) is 10.4. The van der Waals surface area contributed by atoms with Crippen LogP contribution in [0.15, 0.2) is 47.2 Å². The smallest absolute Gasteiger partial charge is 0.243 e. The highest BCUT2D eigenvalue weighted by molar-refractivity contribution is 7.20. The van der Waals surface area contributed by atoms with E-state index in [0.29, 0.717) is 0 Å². The number of carbonyl (C=O) groups excluding carboxylic acids is 2. The predicted molar refractivity (Wildman–Crippen MR) is 111 cm³/mol. The summed E-state index contributed by atoms with van der Waals surface area (Å²) in [5, 5.41) is 7.72. The quantitative estimate of drug-likeness (QED) is 0.651. The Hall–Kier alpha value is -2.51. The molecule has 0 radical (unpaired) electrons. The minimum absolute atomic E-state index is 0.0127. The number of anilines is 1. The van der Waals surface area contributed by atoms with E-state index >= 15 is 0 Å². The third-order valence-corrected chi connectivity index (χ3v) is 6.03. The minimum atomic E-state index is -0.204. The van der Waals surface area contributed by atoms with Crippen LogP contribution in [-0.2, 0) is 22.4 Å². The molecular weight excluding hydrogens is 378 g/mol. The van der Waals surface area contributed by atoms with E-state index in [-0.39, 0.29) is 24.8 Å². The highest BCUT2D eigenvalue weighted by Gasteiger charge is 2.16. The lowest BCUT2D eigenvalue weighted by molar-refractivity contribution is -0.132. The van der Waals surface area contributed by atoms with Crippen LogP contribution in [0.5, 0.6) is 0 Å². The first kappa shape index (κ1) is 19.3. The molecule has 0 spiro atoms. The zero-order valence-corrected chi connectivity index (χ0v) is 16.9. The molecule has 2 aromatic heterocycles. The van der Waals surface area contributed by atoms with Gasteiger partial charge in [-0.2, -0.15) is 0 Å². The second-order valence-electron chi connectivity index (χ2n) is 6.11. The summed E-state index contributed by atoms with van der Waals surface area (Å²) in [5.74, 6) is -0.332. The summed E-state index contributed by atoms with van der Waals surface area (Å²) < 4.78 is 0. The third kappa shape index (κ3) is 5.02. The fraction of sp³-hybridized carbons (Fsp3) is 0.250. The van der Waals surface area contributed by atoms with Gasteiger partial charge >= 0.3 is 0 Å². The number of para-hydroxylation sites is 1. The number of aryl methyl sites for hydroxylation is 1. The second kappa shape index (κ2) is 8.92. The normalized spacial score (nSPS) is 10.6. The molecule has 0 aliphatic rings. The monoisotopic (exact) mass is 399 g/mol. The summed E-state index contributed by atoms with van der Waals surface area (Å²) in [6.45, 7) is 2.05. The first-order valence-electron chi connectivity index (χ1n) is 8.66. The molecule has 2 heterocycles. The van der Waals surface area contributed by atoms with E-state index < -0.39 is 0 Å². The lowest BCUT2D eigenvalue weighted by Crippen LogP contribution is -2.36. The first-order chi connectivity index (χ1) is 13.1. The van der Waals surface area contributed by atoms with Gasteiger partial charge in [0.15, 0.2) is 0 Å². The van der Waals surface area contributed by atoms with Gasteiger partial charge in [-0.3, -0.25) is 9.59 Å². The molecule has 1 aromatic carbocycles. The van der Waals surface area contributed by atoms with E-state index in [0.717, 1.165) is 33.3 Å². The number of amides is 2. The molecule has 1 N–H and O–H groups in total. The van der Waals surface area contributed by atoms with Crippen molar-refractivity contribution >= 4 is 40.2 Å². The maximum Gasteiger partial charge on any atom is 0.243 e. The molecule has 140 valence electrons. The van der Waals surface area contributed by atoms with Crippen molar-refractivity contribution in [2.45, 2.75) is 19.8 Å². The van der Waals surface area contributed by atoms with Crippen molar-refractivity contribution in [2.24, 2.45) is 0 Å². The molecule has 0 unspecified atom stereocenters. The number of carbonyl (C=O) groups is 2. The van der Waals surface area contributed by atoms with Gasteiger partial charge in [0.05, 0.1) is 23.5 Å². The molecule has 0 fully saturated rings. The van der Waals surface area contributed by atoms with Gasteiger partial charge < -0.3 is 10.2 Å². The van der Waals surface area contributed by atoms with Gasteiger partial charge in [0, 0.05) is 18.1 Å². The van der Waals surface area contributed by atoms with Gasteiger partial charge in [0.1, 0.15) is 5.01 Å². The molecule has 27 heavy (non-hydrogen) atoms. The van der Waals surface area contributed by atoms with Crippen LogP contribution in [0.2, 0.25) is 0 Å². The number of rotatable bonds is 7. The van der Waals surface area contributed by atoms with E-state index in [9.17, 15) is 9.59 Å². The van der Waals surface area contributed by atoms with Crippen molar-refractivity contribution in [3.8, 4) is 9.88 Å².